The Morgan fingerprint density at radius 3 is 1.30 bits per heavy atom. The van der Waals surface area contributed by atoms with Crippen LogP contribution in [0.25, 0.3) is 0 Å². The predicted molar refractivity (Wildman–Crippen MR) is 246 cm³/mol. The monoisotopic (exact) mass is 802 g/mol. The van der Waals surface area contributed by atoms with E-state index in [0.29, 0.717) is 58.4 Å². The van der Waals surface area contributed by atoms with Crippen LogP contribution in [-0.2, 0) is 14.4 Å². The number of nitrogens with two attached hydrogens (primary N) is 2. The minimum atomic E-state index is -0.529. The Balaban J connectivity index is 4.09. The van der Waals surface area contributed by atoms with Crippen LogP contribution in [0.3, 0.4) is 0 Å². The molecule has 0 unspecified atom stereocenters. The van der Waals surface area contributed by atoms with E-state index < -0.39 is 6.04 Å². The Morgan fingerprint density at radius 1 is 0.474 bits per heavy atom. The minimum absolute atomic E-state index is 0.0279. The SMILES string of the molecule is CCCCCCCC/C=C\CCCCCCCC(=O)NCCCCN(CCCNC(=O)CCCCCCC/C=C\CCCCCCCC)C(=O)[C@@H](N)CCCCN. The van der Waals surface area contributed by atoms with Crippen molar-refractivity contribution < 1.29 is 14.4 Å². The number of hydrogen-bond donors (Lipinski definition) is 4. The Labute approximate surface area is 353 Å². The number of carbonyl (C=O) groups is 3. The van der Waals surface area contributed by atoms with E-state index in [-0.39, 0.29) is 17.7 Å². The Morgan fingerprint density at radius 2 is 0.860 bits per heavy atom. The van der Waals surface area contributed by atoms with Crippen LogP contribution in [0, 0.1) is 0 Å². The summed E-state index contributed by atoms with van der Waals surface area (Å²) < 4.78 is 0. The van der Waals surface area contributed by atoms with Crippen LogP contribution in [0.4, 0.5) is 0 Å². The topological polar surface area (TPSA) is 131 Å². The second-order valence-electron chi connectivity index (χ2n) is 16.6. The molecule has 0 saturated carbocycles. The summed E-state index contributed by atoms with van der Waals surface area (Å²) in [5.74, 6) is 0.196. The zero-order valence-electron chi connectivity index (χ0n) is 37.8. The van der Waals surface area contributed by atoms with E-state index in [1.807, 2.05) is 4.90 Å². The maximum atomic E-state index is 13.2. The lowest BCUT2D eigenvalue weighted by atomic mass is 10.1. The zero-order valence-corrected chi connectivity index (χ0v) is 37.8. The van der Waals surface area contributed by atoms with Gasteiger partial charge in [0.1, 0.15) is 0 Å². The molecule has 0 bridgehead atoms. The summed E-state index contributed by atoms with van der Waals surface area (Å²) in [7, 11) is 0. The highest BCUT2D eigenvalue weighted by atomic mass is 16.2. The molecule has 0 aromatic rings. The molecule has 0 aliphatic carbocycles. The molecule has 0 aliphatic heterocycles. The first-order chi connectivity index (χ1) is 28.0. The molecule has 0 radical (unpaired) electrons. The van der Waals surface area contributed by atoms with Crippen molar-refractivity contribution >= 4 is 17.7 Å². The van der Waals surface area contributed by atoms with Crippen molar-refractivity contribution in [3.63, 3.8) is 0 Å². The van der Waals surface area contributed by atoms with Gasteiger partial charge in [0.15, 0.2) is 0 Å². The van der Waals surface area contributed by atoms with Gasteiger partial charge in [0.25, 0.3) is 0 Å². The third-order valence-corrected chi connectivity index (χ3v) is 11.0. The number of unbranched alkanes of at least 4 members (excludes halogenated alkanes) is 24. The van der Waals surface area contributed by atoms with Crippen molar-refractivity contribution in [1.29, 1.82) is 0 Å². The van der Waals surface area contributed by atoms with E-state index in [1.54, 1.807) is 0 Å². The summed E-state index contributed by atoms with van der Waals surface area (Å²) in [5, 5.41) is 6.12. The Bertz CT molecular complexity index is 955. The molecule has 3 amide bonds. The molecule has 0 spiro atoms. The number of allylic oxidation sites excluding steroid dienone is 4. The fourth-order valence-corrected chi connectivity index (χ4v) is 7.24. The lowest BCUT2D eigenvalue weighted by Crippen LogP contribution is -2.45. The summed E-state index contributed by atoms with van der Waals surface area (Å²) >= 11 is 0. The van der Waals surface area contributed by atoms with Crippen molar-refractivity contribution in [2.75, 3.05) is 32.7 Å². The minimum Gasteiger partial charge on any atom is -0.356 e. The van der Waals surface area contributed by atoms with Gasteiger partial charge in [-0.25, -0.2) is 0 Å². The average Bonchev–Trinajstić information content (AvgIpc) is 3.21. The first-order valence-corrected chi connectivity index (χ1v) is 24.5. The van der Waals surface area contributed by atoms with Crippen molar-refractivity contribution in [3.05, 3.63) is 24.3 Å². The van der Waals surface area contributed by atoms with Crippen molar-refractivity contribution in [2.24, 2.45) is 11.5 Å². The zero-order chi connectivity index (χ0) is 41.7. The maximum absolute atomic E-state index is 13.2. The molecule has 0 aromatic carbocycles. The van der Waals surface area contributed by atoms with E-state index in [0.717, 1.165) is 51.4 Å². The highest BCUT2D eigenvalue weighted by Crippen LogP contribution is 2.12. The molecule has 0 rings (SSSR count). The number of amides is 3. The van der Waals surface area contributed by atoms with Crippen LogP contribution in [0.5, 0.6) is 0 Å². The van der Waals surface area contributed by atoms with Gasteiger partial charge in [0, 0.05) is 39.0 Å². The molecule has 0 fully saturated rings. The van der Waals surface area contributed by atoms with Gasteiger partial charge < -0.3 is 27.0 Å². The first kappa shape index (κ1) is 54.8. The quantitative estimate of drug-likeness (QED) is 0.0360. The molecular formula is C49H95N5O3. The fourth-order valence-electron chi connectivity index (χ4n) is 7.24. The average molecular weight is 802 g/mol. The van der Waals surface area contributed by atoms with Crippen molar-refractivity contribution in [3.8, 4) is 0 Å². The molecule has 57 heavy (non-hydrogen) atoms. The fraction of sp³-hybridized carbons (Fsp3) is 0.857. The number of nitrogens with one attached hydrogen (secondary N) is 2. The van der Waals surface area contributed by atoms with Crippen LogP contribution in [0.1, 0.15) is 232 Å². The van der Waals surface area contributed by atoms with Gasteiger partial charge in [0.05, 0.1) is 6.04 Å². The van der Waals surface area contributed by atoms with Gasteiger partial charge in [-0.2, -0.15) is 0 Å². The van der Waals surface area contributed by atoms with Crippen LogP contribution >= 0.6 is 0 Å². The predicted octanol–water partition coefficient (Wildman–Crippen LogP) is 11.7. The molecule has 0 heterocycles. The second-order valence-corrected chi connectivity index (χ2v) is 16.6. The number of rotatable bonds is 44. The normalized spacial score (nSPS) is 12.1. The van der Waals surface area contributed by atoms with E-state index in [4.69, 9.17) is 11.5 Å². The van der Waals surface area contributed by atoms with E-state index in [9.17, 15) is 14.4 Å². The summed E-state index contributed by atoms with van der Waals surface area (Å²) in [6.07, 6.45) is 47.7. The lowest BCUT2D eigenvalue weighted by molar-refractivity contribution is -0.133. The van der Waals surface area contributed by atoms with E-state index in [1.165, 1.54) is 141 Å². The molecule has 0 aliphatic rings. The summed E-state index contributed by atoms with van der Waals surface area (Å²) in [4.78, 5) is 39.9. The molecule has 6 N–H and O–H groups in total. The number of carbonyl (C=O) groups excluding carboxylic acids is 3. The molecular weight excluding hydrogens is 707 g/mol. The van der Waals surface area contributed by atoms with Gasteiger partial charge in [0.2, 0.25) is 17.7 Å². The maximum Gasteiger partial charge on any atom is 0.239 e. The number of hydrogen-bond acceptors (Lipinski definition) is 5. The van der Waals surface area contributed by atoms with E-state index in [2.05, 4.69) is 48.8 Å². The summed E-state index contributed by atoms with van der Waals surface area (Å²) in [6, 6.07) is -0.529. The van der Waals surface area contributed by atoms with Crippen LogP contribution < -0.4 is 22.1 Å². The molecule has 8 nitrogen and oxygen atoms in total. The van der Waals surface area contributed by atoms with Gasteiger partial charge in [-0.15, -0.1) is 0 Å². The highest BCUT2D eigenvalue weighted by Gasteiger charge is 2.20. The Hall–Kier alpha value is -2.19. The van der Waals surface area contributed by atoms with E-state index >= 15 is 0 Å². The van der Waals surface area contributed by atoms with Crippen LogP contribution in [0.2, 0.25) is 0 Å². The third kappa shape index (κ3) is 40.4. The molecule has 8 heteroatoms. The standard InChI is InChI=1S/C49H95N5O3/c1-3-5-7-9-11-13-15-17-19-21-23-25-27-29-31-39-47(55)52-42-35-36-44-54(49(57)46(51)38-33-34-41-50)45-37-43-53-48(56)40-32-30-28-26-24-22-20-18-16-14-12-10-8-6-4-2/h17-20,46H,3-16,21-45,50-51H2,1-2H3,(H,52,55)(H,53,56)/b19-17-,20-18-/t46-/m0/s1. The van der Waals surface area contributed by atoms with Crippen molar-refractivity contribution in [2.45, 2.75) is 238 Å². The van der Waals surface area contributed by atoms with Crippen LogP contribution in [0.15, 0.2) is 24.3 Å². The molecule has 334 valence electrons. The lowest BCUT2D eigenvalue weighted by Gasteiger charge is -2.26. The van der Waals surface area contributed by atoms with Crippen molar-refractivity contribution in [1.82, 2.24) is 15.5 Å². The smallest absolute Gasteiger partial charge is 0.239 e. The molecule has 0 saturated heterocycles. The van der Waals surface area contributed by atoms with Gasteiger partial charge in [-0.3, -0.25) is 14.4 Å². The molecule has 1 atom stereocenters. The summed E-state index contributed by atoms with van der Waals surface area (Å²) in [6.45, 7) is 7.49. The first-order valence-electron chi connectivity index (χ1n) is 24.5. The van der Waals surface area contributed by atoms with Crippen LogP contribution in [-0.4, -0.2) is 61.4 Å². The van der Waals surface area contributed by atoms with Gasteiger partial charge >= 0.3 is 0 Å². The third-order valence-electron chi connectivity index (χ3n) is 11.0. The second kappa shape index (κ2) is 44.9. The Kier molecular flexibility index (Phi) is 43.2. The van der Waals surface area contributed by atoms with Gasteiger partial charge in [-0.1, -0.05) is 147 Å². The van der Waals surface area contributed by atoms with Gasteiger partial charge in [-0.05, 0) is 103 Å². The summed E-state index contributed by atoms with van der Waals surface area (Å²) in [5.41, 5.74) is 11.9. The highest BCUT2D eigenvalue weighted by molar-refractivity contribution is 5.81. The largest absolute Gasteiger partial charge is 0.356 e. The molecule has 0 aromatic heterocycles. The number of nitrogens with zero attached hydrogens (tertiary/aromatic N) is 1.